The summed E-state index contributed by atoms with van der Waals surface area (Å²) in [6, 6.07) is 13.8. The van der Waals surface area contributed by atoms with Gasteiger partial charge < -0.3 is 13.9 Å². The second kappa shape index (κ2) is 9.79. The van der Waals surface area contributed by atoms with Gasteiger partial charge in [0, 0.05) is 36.3 Å². The topological polar surface area (TPSA) is 61.9 Å². The molecule has 0 radical (unpaired) electrons. The molecule has 0 saturated carbocycles. The molecule has 6 nitrogen and oxygen atoms in total. The number of carbonyl (C=O) groups excluding carboxylic acids is 1. The molecule has 2 aromatic carbocycles. The van der Waals surface area contributed by atoms with Crippen molar-refractivity contribution in [2.45, 2.75) is 38.6 Å². The Labute approximate surface area is 196 Å². The third-order valence-electron chi connectivity index (χ3n) is 5.31. The van der Waals surface area contributed by atoms with E-state index in [1.54, 1.807) is 12.1 Å². The van der Waals surface area contributed by atoms with E-state index in [4.69, 9.17) is 4.74 Å². The summed E-state index contributed by atoms with van der Waals surface area (Å²) in [7, 11) is 1.94. The van der Waals surface area contributed by atoms with Crippen molar-refractivity contribution in [2.24, 2.45) is 13.0 Å². The molecular formula is C25H27FN4O2S. The van der Waals surface area contributed by atoms with Crippen LogP contribution in [0, 0.1) is 11.7 Å². The third kappa shape index (κ3) is 5.11. The predicted molar refractivity (Wildman–Crippen MR) is 128 cm³/mol. The van der Waals surface area contributed by atoms with Crippen LogP contribution in [-0.4, -0.2) is 30.9 Å². The second-order valence-corrected chi connectivity index (χ2v) is 9.38. The summed E-state index contributed by atoms with van der Waals surface area (Å²) < 4.78 is 23.2. The molecule has 0 spiro atoms. The van der Waals surface area contributed by atoms with Gasteiger partial charge in [0.25, 0.3) is 0 Å². The first-order valence-electron chi connectivity index (χ1n) is 10.9. The van der Waals surface area contributed by atoms with Crippen LogP contribution in [0.2, 0.25) is 0 Å². The van der Waals surface area contributed by atoms with E-state index in [1.807, 2.05) is 53.6 Å². The first-order chi connectivity index (χ1) is 15.8. The van der Waals surface area contributed by atoms with Crippen molar-refractivity contribution in [2.75, 3.05) is 5.75 Å². The van der Waals surface area contributed by atoms with Gasteiger partial charge in [0.15, 0.2) is 22.9 Å². The molecule has 0 bridgehead atoms. The Balaban J connectivity index is 1.53. The number of thioether (sulfide) groups is 1. The lowest BCUT2D eigenvalue weighted by molar-refractivity contribution is 0.102. The number of rotatable bonds is 9. The van der Waals surface area contributed by atoms with Crippen LogP contribution in [0.1, 0.15) is 43.1 Å². The fourth-order valence-electron chi connectivity index (χ4n) is 3.79. The maximum absolute atomic E-state index is 13.2. The molecule has 33 heavy (non-hydrogen) atoms. The van der Waals surface area contributed by atoms with Crippen molar-refractivity contribution >= 4 is 28.4 Å². The molecule has 0 aliphatic carbocycles. The number of para-hydroxylation sites is 1. The van der Waals surface area contributed by atoms with Crippen molar-refractivity contribution in [1.29, 1.82) is 0 Å². The number of aromatic nitrogens is 4. The Morgan fingerprint density at radius 2 is 1.82 bits per heavy atom. The van der Waals surface area contributed by atoms with Crippen LogP contribution in [0.4, 0.5) is 4.39 Å². The zero-order valence-electron chi connectivity index (χ0n) is 19.2. The number of aryl methyl sites for hydroxylation is 1. The Hall–Kier alpha value is -3.13. The predicted octanol–water partition coefficient (Wildman–Crippen LogP) is 5.68. The van der Waals surface area contributed by atoms with E-state index in [1.165, 1.54) is 23.9 Å². The number of ketones is 1. The molecule has 4 rings (SSSR count). The van der Waals surface area contributed by atoms with E-state index in [-0.39, 0.29) is 23.5 Å². The van der Waals surface area contributed by atoms with Crippen molar-refractivity contribution in [3.05, 3.63) is 71.9 Å². The molecule has 0 N–H and O–H groups in total. The fourth-order valence-corrected chi connectivity index (χ4v) is 4.62. The van der Waals surface area contributed by atoms with Gasteiger partial charge in [-0.25, -0.2) is 4.39 Å². The number of halogens is 1. The first kappa shape index (κ1) is 23.0. The number of benzene rings is 2. The zero-order chi connectivity index (χ0) is 23.5. The molecule has 172 valence electrons. The van der Waals surface area contributed by atoms with Crippen molar-refractivity contribution in [1.82, 2.24) is 19.3 Å². The van der Waals surface area contributed by atoms with Gasteiger partial charge in [-0.05, 0) is 43.2 Å². The van der Waals surface area contributed by atoms with Crippen molar-refractivity contribution in [3.63, 3.8) is 0 Å². The molecule has 0 fully saturated rings. The van der Waals surface area contributed by atoms with Gasteiger partial charge in [-0.3, -0.25) is 4.79 Å². The number of hydrogen-bond donors (Lipinski definition) is 0. The number of Topliss-reactive ketones (excluding diaryl/α,β-unsaturated/α-hetero) is 1. The third-order valence-corrected chi connectivity index (χ3v) is 6.28. The van der Waals surface area contributed by atoms with Crippen molar-refractivity contribution < 1.29 is 13.9 Å². The molecule has 2 heterocycles. The number of nitrogens with zero attached hydrogens (tertiary/aromatic N) is 4. The van der Waals surface area contributed by atoms with E-state index in [0.717, 1.165) is 10.9 Å². The minimum absolute atomic E-state index is 0.0491. The lowest BCUT2D eigenvalue weighted by atomic mass is 10.1. The Morgan fingerprint density at radius 1 is 1.09 bits per heavy atom. The number of carbonyl (C=O) groups is 1. The summed E-state index contributed by atoms with van der Waals surface area (Å²) in [4.78, 5) is 13.0. The molecule has 0 aliphatic rings. The van der Waals surface area contributed by atoms with Gasteiger partial charge in [-0.1, -0.05) is 43.8 Å². The quantitative estimate of drug-likeness (QED) is 0.235. The summed E-state index contributed by atoms with van der Waals surface area (Å²) >= 11 is 1.38. The van der Waals surface area contributed by atoms with E-state index < -0.39 is 0 Å². The molecule has 0 saturated heterocycles. The van der Waals surface area contributed by atoms with Crippen LogP contribution in [0.15, 0.2) is 59.9 Å². The van der Waals surface area contributed by atoms with E-state index in [9.17, 15) is 9.18 Å². The van der Waals surface area contributed by atoms with Crippen LogP contribution >= 0.6 is 11.8 Å². The highest BCUT2D eigenvalue weighted by Crippen LogP contribution is 2.27. The lowest BCUT2D eigenvalue weighted by Crippen LogP contribution is -2.15. The highest BCUT2D eigenvalue weighted by Gasteiger charge is 2.22. The second-order valence-electron chi connectivity index (χ2n) is 8.44. The van der Waals surface area contributed by atoms with Crippen LogP contribution in [0.25, 0.3) is 10.9 Å². The summed E-state index contributed by atoms with van der Waals surface area (Å²) in [6.07, 6.45) is 1.50. The number of ether oxygens (including phenoxy) is 1. The minimum Gasteiger partial charge on any atom is -0.483 e. The summed E-state index contributed by atoms with van der Waals surface area (Å²) in [6.45, 7) is 6.82. The smallest absolute Gasteiger partial charge is 0.191 e. The Bertz CT molecular complexity index is 1260. The zero-order valence-corrected chi connectivity index (χ0v) is 20.0. The molecule has 2 aromatic heterocycles. The average Bonchev–Trinajstić information content (AvgIpc) is 3.34. The molecule has 4 aromatic rings. The lowest BCUT2D eigenvalue weighted by Gasteiger charge is -2.17. The SMILES string of the molecule is CC(C)Cn1c(SCC(=O)c2cn(C)c3ccccc23)nnc1C(C)Oc1ccc(F)cc1. The van der Waals surface area contributed by atoms with Crippen LogP contribution < -0.4 is 4.74 Å². The Kier molecular flexibility index (Phi) is 6.83. The van der Waals surface area contributed by atoms with Crippen LogP contribution in [-0.2, 0) is 13.6 Å². The van der Waals surface area contributed by atoms with E-state index in [2.05, 4.69) is 24.0 Å². The van der Waals surface area contributed by atoms with Gasteiger partial charge in [0.1, 0.15) is 11.6 Å². The first-order valence-corrected chi connectivity index (χ1v) is 11.9. The molecule has 8 heteroatoms. The minimum atomic E-state index is -0.384. The molecule has 0 aliphatic heterocycles. The van der Waals surface area contributed by atoms with Crippen LogP contribution in [0.5, 0.6) is 5.75 Å². The molecular weight excluding hydrogens is 439 g/mol. The molecule has 1 unspecified atom stereocenters. The highest BCUT2D eigenvalue weighted by atomic mass is 32.2. The van der Waals surface area contributed by atoms with E-state index in [0.29, 0.717) is 34.8 Å². The fraction of sp³-hybridized carbons (Fsp3) is 0.320. The van der Waals surface area contributed by atoms with Crippen LogP contribution in [0.3, 0.4) is 0 Å². The molecule has 0 amide bonds. The summed E-state index contributed by atoms with van der Waals surface area (Å²) in [5.41, 5.74) is 1.74. The van der Waals surface area contributed by atoms with Gasteiger partial charge in [-0.15, -0.1) is 10.2 Å². The highest BCUT2D eigenvalue weighted by molar-refractivity contribution is 7.99. The standard InChI is InChI=1S/C25H27FN4O2S/c1-16(2)13-30-24(17(3)32-19-11-9-18(26)10-12-19)27-28-25(30)33-15-23(31)21-14-29(4)22-8-6-5-7-20(21)22/h5-12,14,16-17H,13,15H2,1-4H3. The summed E-state index contributed by atoms with van der Waals surface area (Å²) in [5.74, 6) is 1.58. The van der Waals surface area contributed by atoms with Crippen molar-refractivity contribution in [3.8, 4) is 5.75 Å². The average molecular weight is 467 g/mol. The maximum Gasteiger partial charge on any atom is 0.191 e. The van der Waals surface area contributed by atoms with Gasteiger partial charge in [-0.2, -0.15) is 0 Å². The van der Waals surface area contributed by atoms with Gasteiger partial charge in [0.2, 0.25) is 0 Å². The maximum atomic E-state index is 13.2. The largest absolute Gasteiger partial charge is 0.483 e. The molecule has 1 atom stereocenters. The van der Waals surface area contributed by atoms with E-state index >= 15 is 0 Å². The number of hydrogen-bond acceptors (Lipinski definition) is 5. The monoisotopic (exact) mass is 466 g/mol. The van der Waals surface area contributed by atoms with Gasteiger partial charge in [0.05, 0.1) is 5.75 Å². The normalized spacial score (nSPS) is 12.4. The number of fused-ring (bicyclic) bond motifs is 1. The Morgan fingerprint density at radius 3 is 2.55 bits per heavy atom. The van der Waals surface area contributed by atoms with Gasteiger partial charge >= 0.3 is 0 Å². The summed E-state index contributed by atoms with van der Waals surface area (Å²) in [5, 5.41) is 10.4.